The van der Waals surface area contributed by atoms with E-state index in [9.17, 15) is 8.42 Å². The Bertz CT molecular complexity index is 869. The van der Waals surface area contributed by atoms with Gasteiger partial charge < -0.3 is 0 Å². The van der Waals surface area contributed by atoms with E-state index in [0.29, 0.717) is 0 Å². The second-order valence-electron chi connectivity index (χ2n) is 5.30. The van der Waals surface area contributed by atoms with Gasteiger partial charge >= 0.3 is 0 Å². The van der Waals surface area contributed by atoms with Gasteiger partial charge in [-0.1, -0.05) is 24.3 Å². The van der Waals surface area contributed by atoms with Gasteiger partial charge in [-0.15, -0.1) is 0 Å². The molecule has 5 nitrogen and oxygen atoms in total. The van der Waals surface area contributed by atoms with Crippen LogP contribution in [0.25, 0.3) is 11.6 Å². The number of hydrogen-bond donors (Lipinski definition) is 1. The fourth-order valence-corrected chi connectivity index (χ4v) is 3.28. The van der Waals surface area contributed by atoms with Gasteiger partial charge in [0.1, 0.15) is 0 Å². The summed E-state index contributed by atoms with van der Waals surface area (Å²) in [5.41, 5.74) is 3.63. The Kier molecular flexibility index (Phi) is 4.36. The smallest absolute Gasteiger partial charge is 0.256 e. The van der Waals surface area contributed by atoms with Gasteiger partial charge in [-0.2, -0.15) is 0 Å². The van der Waals surface area contributed by atoms with Crippen molar-refractivity contribution < 1.29 is 8.42 Å². The zero-order valence-electron chi connectivity index (χ0n) is 12.7. The van der Waals surface area contributed by atoms with Crippen molar-refractivity contribution in [2.75, 3.05) is 6.54 Å². The maximum atomic E-state index is 12.4. The molecule has 3 rings (SSSR count). The van der Waals surface area contributed by atoms with Crippen LogP contribution in [0.15, 0.2) is 53.8 Å². The quantitative estimate of drug-likeness (QED) is 0.937. The van der Waals surface area contributed by atoms with Crippen LogP contribution in [-0.2, 0) is 10.0 Å². The number of sulfonamides is 1. The van der Waals surface area contributed by atoms with E-state index in [1.807, 2.05) is 37.3 Å². The largest absolute Gasteiger partial charge is 0.258 e. The monoisotopic (exact) mass is 327 g/mol. The van der Waals surface area contributed by atoms with E-state index in [-0.39, 0.29) is 11.6 Å². The lowest BCUT2D eigenvalue weighted by Crippen LogP contribution is -2.26. The number of nitrogens with zero attached hydrogens (tertiary/aromatic N) is 2. The van der Waals surface area contributed by atoms with E-state index in [2.05, 4.69) is 14.7 Å². The molecule has 0 aromatic carbocycles. The second kappa shape index (κ2) is 6.44. The first-order valence-corrected chi connectivity index (χ1v) is 8.78. The topological polar surface area (TPSA) is 72.0 Å². The standard InChI is InChI=1S/C17H17N3O2S/c1-13-8-9-17(19-11-13)23(21,22)20-12-14-5-2-3-7-16-15(14)6-4-10-18-16/h3-11,20H,2,12H2,1H3. The first-order chi connectivity index (χ1) is 11.1. The third-order valence-electron chi connectivity index (χ3n) is 3.57. The number of nitrogens with one attached hydrogen (secondary N) is 1. The van der Waals surface area contributed by atoms with Crippen LogP contribution in [0.3, 0.4) is 0 Å². The molecule has 23 heavy (non-hydrogen) atoms. The minimum atomic E-state index is -3.63. The van der Waals surface area contributed by atoms with Gasteiger partial charge in [-0.3, -0.25) is 4.98 Å². The number of aryl methyl sites for hydroxylation is 1. The summed E-state index contributed by atoms with van der Waals surface area (Å²) in [7, 11) is -3.63. The fraction of sp³-hybridized carbons (Fsp3) is 0.176. The highest BCUT2D eigenvalue weighted by Crippen LogP contribution is 2.22. The van der Waals surface area contributed by atoms with Crippen LogP contribution in [0, 0.1) is 6.92 Å². The van der Waals surface area contributed by atoms with Crippen molar-refractivity contribution in [3.05, 3.63) is 65.6 Å². The summed E-state index contributed by atoms with van der Waals surface area (Å²) in [6.45, 7) is 2.07. The molecule has 0 fully saturated rings. The summed E-state index contributed by atoms with van der Waals surface area (Å²) >= 11 is 0. The van der Waals surface area contributed by atoms with Crippen molar-refractivity contribution in [2.24, 2.45) is 0 Å². The van der Waals surface area contributed by atoms with Crippen LogP contribution in [-0.4, -0.2) is 24.9 Å². The van der Waals surface area contributed by atoms with E-state index in [1.165, 1.54) is 6.07 Å². The average Bonchev–Trinajstić information content (AvgIpc) is 2.76. The number of pyridine rings is 2. The SMILES string of the molecule is Cc1ccc(S(=O)(=O)NCC2=CCC=Cc3ncccc32)nc1. The molecule has 0 bridgehead atoms. The van der Waals surface area contributed by atoms with Crippen LogP contribution in [0.4, 0.5) is 0 Å². The molecular formula is C17H17N3O2S. The molecule has 1 aliphatic rings. The highest BCUT2D eigenvalue weighted by molar-refractivity contribution is 7.89. The minimum Gasteiger partial charge on any atom is -0.256 e. The molecular weight excluding hydrogens is 310 g/mol. The predicted octanol–water partition coefficient (Wildman–Crippen LogP) is 2.56. The Morgan fingerprint density at radius 2 is 2.09 bits per heavy atom. The van der Waals surface area contributed by atoms with Crippen molar-refractivity contribution in [3.63, 3.8) is 0 Å². The van der Waals surface area contributed by atoms with E-state index in [4.69, 9.17) is 0 Å². The third-order valence-corrected chi connectivity index (χ3v) is 4.89. The van der Waals surface area contributed by atoms with Crippen molar-refractivity contribution >= 4 is 21.7 Å². The van der Waals surface area contributed by atoms with Gasteiger partial charge in [0.25, 0.3) is 10.0 Å². The maximum Gasteiger partial charge on any atom is 0.258 e. The lowest BCUT2D eigenvalue weighted by Gasteiger charge is -2.11. The lowest BCUT2D eigenvalue weighted by atomic mass is 10.1. The molecule has 2 aromatic rings. The Morgan fingerprint density at radius 3 is 2.87 bits per heavy atom. The highest BCUT2D eigenvalue weighted by Gasteiger charge is 2.17. The van der Waals surface area contributed by atoms with E-state index >= 15 is 0 Å². The van der Waals surface area contributed by atoms with Gasteiger partial charge in [0, 0.05) is 24.5 Å². The molecule has 118 valence electrons. The molecule has 2 aromatic heterocycles. The fourth-order valence-electron chi connectivity index (χ4n) is 2.35. The molecule has 0 atom stereocenters. The van der Waals surface area contributed by atoms with Gasteiger partial charge in [-0.05, 0) is 42.7 Å². The third kappa shape index (κ3) is 3.55. The summed E-state index contributed by atoms with van der Waals surface area (Å²) in [6.07, 6.45) is 9.99. The van der Waals surface area contributed by atoms with E-state index in [0.717, 1.165) is 28.8 Å². The van der Waals surface area contributed by atoms with Crippen molar-refractivity contribution in [3.8, 4) is 0 Å². The number of fused-ring (bicyclic) bond motifs is 1. The zero-order chi connectivity index (χ0) is 16.3. The molecule has 0 spiro atoms. The Hall–Kier alpha value is -2.31. The molecule has 0 radical (unpaired) electrons. The number of allylic oxidation sites excluding steroid dienone is 2. The molecule has 0 unspecified atom stereocenters. The first kappa shape index (κ1) is 15.6. The minimum absolute atomic E-state index is 0.0295. The first-order valence-electron chi connectivity index (χ1n) is 7.29. The average molecular weight is 327 g/mol. The van der Waals surface area contributed by atoms with Crippen LogP contribution in [0.2, 0.25) is 0 Å². The number of rotatable bonds is 4. The Balaban J connectivity index is 1.81. The normalized spacial score (nSPS) is 14.0. The predicted molar refractivity (Wildman–Crippen MR) is 90.0 cm³/mol. The molecule has 0 aliphatic heterocycles. The summed E-state index contributed by atoms with van der Waals surface area (Å²) in [4.78, 5) is 8.31. The van der Waals surface area contributed by atoms with Crippen LogP contribution in [0.1, 0.15) is 23.2 Å². The van der Waals surface area contributed by atoms with Crippen molar-refractivity contribution in [2.45, 2.75) is 18.4 Å². The van der Waals surface area contributed by atoms with Crippen LogP contribution in [0.5, 0.6) is 0 Å². The van der Waals surface area contributed by atoms with E-state index < -0.39 is 10.0 Å². The number of hydrogen-bond acceptors (Lipinski definition) is 4. The zero-order valence-corrected chi connectivity index (χ0v) is 13.5. The van der Waals surface area contributed by atoms with E-state index in [1.54, 1.807) is 18.5 Å². The summed E-state index contributed by atoms with van der Waals surface area (Å²) in [5.74, 6) is 0. The van der Waals surface area contributed by atoms with Gasteiger partial charge in [0.2, 0.25) is 0 Å². The molecule has 6 heteroatoms. The molecule has 0 saturated carbocycles. The number of aromatic nitrogens is 2. The molecule has 1 aliphatic carbocycles. The molecule has 0 saturated heterocycles. The summed E-state index contributed by atoms with van der Waals surface area (Å²) in [6, 6.07) is 7.04. The van der Waals surface area contributed by atoms with Crippen molar-refractivity contribution in [1.29, 1.82) is 0 Å². The van der Waals surface area contributed by atoms with Gasteiger partial charge in [0.05, 0.1) is 5.69 Å². The molecule has 1 N–H and O–H groups in total. The Labute approximate surface area is 135 Å². The lowest BCUT2D eigenvalue weighted by molar-refractivity contribution is 0.582. The van der Waals surface area contributed by atoms with Gasteiger partial charge in [-0.25, -0.2) is 18.1 Å². The van der Waals surface area contributed by atoms with Crippen LogP contribution >= 0.6 is 0 Å². The van der Waals surface area contributed by atoms with Crippen molar-refractivity contribution in [1.82, 2.24) is 14.7 Å². The molecule has 2 heterocycles. The highest BCUT2D eigenvalue weighted by atomic mass is 32.2. The van der Waals surface area contributed by atoms with Gasteiger partial charge in [0.15, 0.2) is 5.03 Å². The summed E-state index contributed by atoms with van der Waals surface area (Å²) in [5, 5.41) is 0.0295. The Morgan fingerprint density at radius 1 is 1.22 bits per heavy atom. The molecule has 0 amide bonds. The summed E-state index contributed by atoms with van der Waals surface area (Å²) < 4.78 is 27.3. The maximum absolute atomic E-state index is 12.4. The van der Waals surface area contributed by atoms with Crippen LogP contribution < -0.4 is 4.72 Å². The second-order valence-corrected chi connectivity index (χ2v) is 7.02.